The first kappa shape index (κ1) is 11.7. The van der Waals surface area contributed by atoms with Crippen LogP contribution in [0, 0.1) is 0 Å². The second kappa shape index (κ2) is 5.05. The van der Waals surface area contributed by atoms with Crippen LogP contribution < -0.4 is 4.74 Å². The standard InChI is InChI=1S/C12H15NO4/c1-16-4-5-17-11-3-2-9-7-13(12(14)15)8-10(9)6-11/h2-3,6H,4-5,7-8H2,1H3,(H,14,15). The number of amides is 1. The van der Waals surface area contributed by atoms with Crippen LogP contribution in [-0.2, 0) is 17.8 Å². The molecule has 0 spiro atoms. The van der Waals surface area contributed by atoms with Gasteiger partial charge in [-0.05, 0) is 23.3 Å². The van der Waals surface area contributed by atoms with Gasteiger partial charge in [-0.2, -0.15) is 0 Å². The van der Waals surface area contributed by atoms with Gasteiger partial charge in [0.2, 0.25) is 0 Å². The van der Waals surface area contributed by atoms with Crippen LogP contribution in [0.5, 0.6) is 5.75 Å². The summed E-state index contributed by atoms with van der Waals surface area (Å²) < 4.78 is 10.4. The normalized spacial score (nSPS) is 13.6. The molecule has 0 saturated heterocycles. The molecule has 2 rings (SSSR count). The lowest BCUT2D eigenvalue weighted by molar-refractivity contribution is 0.144. The lowest BCUT2D eigenvalue weighted by Gasteiger charge is -2.08. The molecule has 1 aliphatic rings. The summed E-state index contributed by atoms with van der Waals surface area (Å²) >= 11 is 0. The molecule has 1 heterocycles. The SMILES string of the molecule is COCCOc1ccc2c(c1)CN(C(=O)O)C2. The van der Waals surface area contributed by atoms with Crippen molar-refractivity contribution in [1.82, 2.24) is 4.90 Å². The Morgan fingerprint density at radius 2 is 2.12 bits per heavy atom. The largest absolute Gasteiger partial charge is 0.491 e. The molecule has 0 bridgehead atoms. The average molecular weight is 237 g/mol. The maximum Gasteiger partial charge on any atom is 0.407 e. The minimum Gasteiger partial charge on any atom is -0.491 e. The number of nitrogens with zero attached hydrogens (tertiary/aromatic N) is 1. The zero-order valence-corrected chi connectivity index (χ0v) is 9.68. The maximum absolute atomic E-state index is 10.8. The fourth-order valence-electron chi connectivity index (χ4n) is 1.84. The Morgan fingerprint density at radius 1 is 1.35 bits per heavy atom. The fourth-order valence-corrected chi connectivity index (χ4v) is 1.84. The van der Waals surface area contributed by atoms with E-state index in [1.165, 1.54) is 4.90 Å². The highest BCUT2D eigenvalue weighted by molar-refractivity contribution is 5.66. The average Bonchev–Trinajstić information content (AvgIpc) is 2.72. The van der Waals surface area contributed by atoms with Gasteiger partial charge in [-0.15, -0.1) is 0 Å². The Bertz CT molecular complexity index is 419. The van der Waals surface area contributed by atoms with Crippen LogP contribution in [0.25, 0.3) is 0 Å². The van der Waals surface area contributed by atoms with E-state index in [1.54, 1.807) is 7.11 Å². The summed E-state index contributed by atoms with van der Waals surface area (Å²) in [6, 6.07) is 5.67. The molecule has 92 valence electrons. The zero-order valence-electron chi connectivity index (χ0n) is 9.68. The van der Waals surface area contributed by atoms with Crippen molar-refractivity contribution in [1.29, 1.82) is 0 Å². The lowest BCUT2D eigenvalue weighted by atomic mass is 10.1. The van der Waals surface area contributed by atoms with Crippen LogP contribution in [0.2, 0.25) is 0 Å². The summed E-state index contributed by atoms with van der Waals surface area (Å²) in [5.41, 5.74) is 2.06. The highest BCUT2D eigenvalue weighted by Crippen LogP contribution is 2.26. The number of benzene rings is 1. The topological polar surface area (TPSA) is 59.0 Å². The predicted octanol–water partition coefficient (Wildman–Crippen LogP) is 1.71. The molecule has 1 aromatic carbocycles. The second-order valence-electron chi connectivity index (χ2n) is 3.91. The van der Waals surface area contributed by atoms with Crippen LogP contribution in [0.1, 0.15) is 11.1 Å². The van der Waals surface area contributed by atoms with Crippen molar-refractivity contribution < 1.29 is 19.4 Å². The summed E-state index contributed by atoms with van der Waals surface area (Å²) in [5.74, 6) is 0.757. The zero-order chi connectivity index (χ0) is 12.3. The van der Waals surface area contributed by atoms with Crippen molar-refractivity contribution in [2.45, 2.75) is 13.1 Å². The van der Waals surface area contributed by atoms with Crippen LogP contribution in [-0.4, -0.2) is 36.4 Å². The van der Waals surface area contributed by atoms with Gasteiger partial charge in [0.15, 0.2) is 0 Å². The number of hydrogen-bond acceptors (Lipinski definition) is 3. The summed E-state index contributed by atoms with van der Waals surface area (Å²) in [5, 5.41) is 8.91. The van der Waals surface area contributed by atoms with Crippen molar-refractivity contribution in [2.75, 3.05) is 20.3 Å². The summed E-state index contributed by atoms with van der Waals surface area (Å²) in [6.45, 7) is 1.94. The third-order valence-electron chi connectivity index (χ3n) is 2.73. The first-order valence-electron chi connectivity index (χ1n) is 5.42. The van der Waals surface area contributed by atoms with E-state index >= 15 is 0 Å². The summed E-state index contributed by atoms with van der Waals surface area (Å²) in [7, 11) is 1.62. The smallest absolute Gasteiger partial charge is 0.407 e. The Hall–Kier alpha value is -1.75. The number of hydrogen-bond donors (Lipinski definition) is 1. The van der Waals surface area contributed by atoms with Gasteiger partial charge in [0.25, 0.3) is 0 Å². The first-order chi connectivity index (χ1) is 8.20. The maximum atomic E-state index is 10.8. The molecule has 0 unspecified atom stereocenters. The Kier molecular flexibility index (Phi) is 3.49. The van der Waals surface area contributed by atoms with Crippen LogP contribution in [0.4, 0.5) is 4.79 Å². The lowest BCUT2D eigenvalue weighted by Crippen LogP contribution is -2.22. The number of fused-ring (bicyclic) bond motifs is 1. The van der Waals surface area contributed by atoms with Crippen molar-refractivity contribution >= 4 is 6.09 Å². The van der Waals surface area contributed by atoms with E-state index in [9.17, 15) is 4.79 Å². The third-order valence-corrected chi connectivity index (χ3v) is 2.73. The van der Waals surface area contributed by atoms with E-state index in [-0.39, 0.29) is 0 Å². The molecule has 5 nitrogen and oxygen atoms in total. The van der Waals surface area contributed by atoms with Crippen molar-refractivity contribution in [3.63, 3.8) is 0 Å². The van der Waals surface area contributed by atoms with Gasteiger partial charge in [-0.3, -0.25) is 4.90 Å². The number of ether oxygens (including phenoxy) is 2. The van der Waals surface area contributed by atoms with Crippen LogP contribution >= 0.6 is 0 Å². The van der Waals surface area contributed by atoms with E-state index < -0.39 is 6.09 Å². The highest BCUT2D eigenvalue weighted by Gasteiger charge is 2.22. The van der Waals surface area contributed by atoms with Crippen LogP contribution in [0.3, 0.4) is 0 Å². The Labute approximate surface area is 99.6 Å². The van der Waals surface area contributed by atoms with E-state index in [1.807, 2.05) is 18.2 Å². The molecule has 1 aliphatic heterocycles. The minimum absolute atomic E-state index is 0.437. The van der Waals surface area contributed by atoms with Gasteiger partial charge in [0.05, 0.1) is 6.61 Å². The van der Waals surface area contributed by atoms with E-state index in [4.69, 9.17) is 14.6 Å². The molecule has 0 atom stereocenters. The van der Waals surface area contributed by atoms with E-state index in [2.05, 4.69) is 0 Å². The summed E-state index contributed by atoms with van der Waals surface area (Å²) in [6.07, 6.45) is -0.886. The quantitative estimate of drug-likeness (QED) is 0.810. The molecule has 5 heteroatoms. The molecule has 1 amide bonds. The van der Waals surface area contributed by atoms with E-state index in [0.717, 1.165) is 16.9 Å². The molecule has 0 radical (unpaired) electrons. The fraction of sp³-hybridized carbons (Fsp3) is 0.417. The van der Waals surface area contributed by atoms with Gasteiger partial charge in [-0.25, -0.2) is 4.79 Å². The molecule has 0 aliphatic carbocycles. The molecule has 17 heavy (non-hydrogen) atoms. The molecular formula is C12H15NO4. The molecule has 1 aromatic rings. The van der Waals surface area contributed by atoms with Crippen molar-refractivity contribution in [3.8, 4) is 5.75 Å². The molecule has 0 aromatic heterocycles. The van der Waals surface area contributed by atoms with Gasteiger partial charge in [0, 0.05) is 20.2 Å². The van der Waals surface area contributed by atoms with Gasteiger partial charge < -0.3 is 14.6 Å². The number of rotatable bonds is 4. The molecule has 0 fully saturated rings. The number of carboxylic acid groups (broad SMARTS) is 1. The van der Waals surface area contributed by atoms with Crippen LogP contribution in [0.15, 0.2) is 18.2 Å². The number of methoxy groups -OCH3 is 1. The molecule has 0 saturated carbocycles. The third kappa shape index (κ3) is 2.68. The van der Waals surface area contributed by atoms with E-state index in [0.29, 0.717) is 26.3 Å². The van der Waals surface area contributed by atoms with Gasteiger partial charge in [0.1, 0.15) is 12.4 Å². The van der Waals surface area contributed by atoms with Gasteiger partial charge >= 0.3 is 6.09 Å². The Balaban J connectivity index is 2.02. The van der Waals surface area contributed by atoms with Gasteiger partial charge in [-0.1, -0.05) is 6.07 Å². The van der Waals surface area contributed by atoms with Crippen molar-refractivity contribution in [3.05, 3.63) is 29.3 Å². The second-order valence-corrected chi connectivity index (χ2v) is 3.91. The molecule has 1 N–H and O–H groups in total. The Morgan fingerprint density at radius 3 is 2.82 bits per heavy atom. The number of carbonyl (C=O) groups is 1. The van der Waals surface area contributed by atoms with Crippen molar-refractivity contribution in [2.24, 2.45) is 0 Å². The summed E-state index contributed by atoms with van der Waals surface area (Å²) in [4.78, 5) is 12.2. The first-order valence-corrected chi connectivity index (χ1v) is 5.42. The monoisotopic (exact) mass is 237 g/mol. The molecular weight excluding hydrogens is 222 g/mol. The highest BCUT2D eigenvalue weighted by atomic mass is 16.5. The predicted molar refractivity (Wildman–Crippen MR) is 61.1 cm³/mol. The minimum atomic E-state index is -0.886.